The Morgan fingerprint density at radius 2 is 1.80 bits per heavy atom. The number of nitrogens with one attached hydrogen (secondary N) is 1. The quantitative estimate of drug-likeness (QED) is 0.417. The summed E-state index contributed by atoms with van der Waals surface area (Å²) in [6.45, 7) is 1.38. The number of rotatable bonds is 6. The molecule has 0 unspecified atom stereocenters. The third kappa shape index (κ3) is 5.39. The van der Waals surface area contributed by atoms with Gasteiger partial charge < -0.3 is 14.6 Å². The Hall–Kier alpha value is -4.42. The first-order valence-corrected chi connectivity index (χ1v) is 10.1. The van der Waals surface area contributed by atoms with Crippen molar-refractivity contribution in [3.63, 3.8) is 0 Å². The van der Waals surface area contributed by atoms with Crippen LogP contribution in [0.25, 0.3) is 11.8 Å². The van der Waals surface area contributed by atoms with Crippen LogP contribution < -0.4 is 16.6 Å². The number of carbonyl (C=O) groups is 2. The number of anilines is 1. The SMILES string of the molecule is CCOC(=O)c1cnn(-c2ccc(NC(=O)/C=C/c3cn(C)c(=O)n(C)c3=O)cc2)c1C(F)(F)F. The number of aromatic nitrogens is 4. The fourth-order valence-electron chi connectivity index (χ4n) is 3.16. The highest BCUT2D eigenvalue weighted by atomic mass is 19.4. The molecule has 184 valence electrons. The Bertz CT molecular complexity index is 1420. The second kappa shape index (κ2) is 9.83. The molecule has 35 heavy (non-hydrogen) atoms. The molecule has 10 nitrogen and oxygen atoms in total. The Balaban J connectivity index is 1.81. The summed E-state index contributed by atoms with van der Waals surface area (Å²) in [5.74, 6) is -1.76. The van der Waals surface area contributed by atoms with Crippen LogP contribution in [0.4, 0.5) is 18.9 Å². The number of benzene rings is 1. The van der Waals surface area contributed by atoms with E-state index in [2.05, 4.69) is 15.2 Å². The summed E-state index contributed by atoms with van der Waals surface area (Å²) in [7, 11) is 2.77. The summed E-state index contributed by atoms with van der Waals surface area (Å²) in [5, 5.41) is 6.19. The number of amides is 1. The van der Waals surface area contributed by atoms with Gasteiger partial charge in [0.2, 0.25) is 5.91 Å². The van der Waals surface area contributed by atoms with Gasteiger partial charge in [-0.25, -0.2) is 14.3 Å². The number of aryl methyl sites for hydroxylation is 1. The molecule has 0 aliphatic heterocycles. The molecule has 0 aliphatic rings. The van der Waals surface area contributed by atoms with E-state index >= 15 is 0 Å². The predicted octanol–water partition coefficient (Wildman–Crippen LogP) is 2.12. The van der Waals surface area contributed by atoms with Gasteiger partial charge in [0.05, 0.1) is 24.1 Å². The molecule has 3 aromatic rings. The molecule has 0 bridgehead atoms. The van der Waals surface area contributed by atoms with Gasteiger partial charge in [-0.05, 0) is 37.3 Å². The topological polar surface area (TPSA) is 117 Å². The average molecular weight is 491 g/mol. The summed E-state index contributed by atoms with van der Waals surface area (Å²) in [5.41, 5.74) is -2.74. The molecule has 0 atom stereocenters. The number of halogens is 3. The van der Waals surface area contributed by atoms with Gasteiger partial charge in [-0.1, -0.05) is 0 Å². The van der Waals surface area contributed by atoms with E-state index in [1.165, 1.54) is 62.1 Å². The lowest BCUT2D eigenvalue weighted by atomic mass is 10.2. The van der Waals surface area contributed by atoms with Gasteiger partial charge in [0.1, 0.15) is 5.56 Å². The molecule has 0 saturated heterocycles. The van der Waals surface area contributed by atoms with Gasteiger partial charge in [0.15, 0.2) is 5.69 Å². The smallest absolute Gasteiger partial charge is 0.434 e. The minimum absolute atomic E-state index is 0.00452. The average Bonchev–Trinajstić information content (AvgIpc) is 3.26. The van der Waals surface area contributed by atoms with Crippen molar-refractivity contribution in [1.82, 2.24) is 18.9 Å². The first-order valence-electron chi connectivity index (χ1n) is 10.1. The third-order valence-electron chi connectivity index (χ3n) is 4.80. The lowest BCUT2D eigenvalue weighted by Gasteiger charge is -2.13. The van der Waals surface area contributed by atoms with Crippen LogP contribution in [-0.4, -0.2) is 37.4 Å². The summed E-state index contributed by atoms with van der Waals surface area (Å²) in [4.78, 5) is 48.0. The van der Waals surface area contributed by atoms with Crippen LogP contribution in [-0.2, 0) is 29.8 Å². The molecule has 3 rings (SSSR count). The number of carbonyl (C=O) groups excluding carboxylic acids is 2. The normalized spacial score (nSPS) is 11.6. The van der Waals surface area contributed by atoms with Gasteiger partial charge >= 0.3 is 17.8 Å². The van der Waals surface area contributed by atoms with Crippen molar-refractivity contribution in [2.24, 2.45) is 14.1 Å². The molecule has 2 aromatic heterocycles. The molecule has 0 aliphatic carbocycles. The molecule has 1 amide bonds. The van der Waals surface area contributed by atoms with E-state index in [1.54, 1.807) is 0 Å². The van der Waals surface area contributed by atoms with Crippen molar-refractivity contribution >= 4 is 23.6 Å². The zero-order chi connectivity index (χ0) is 25.9. The summed E-state index contributed by atoms with van der Waals surface area (Å²) in [6.07, 6.45) is -0.493. The third-order valence-corrected chi connectivity index (χ3v) is 4.80. The summed E-state index contributed by atoms with van der Waals surface area (Å²) < 4.78 is 48.2. The molecular weight excluding hydrogens is 471 g/mol. The molecule has 0 fully saturated rings. The van der Waals surface area contributed by atoms with E-state index in [4.69, 9.17) is 0 Å². The van der Waals surface area contributed by atoms with Crippen molar-refractivity contribution in [2.75, 3.05) is 11.9 Å². The van der Waals surface area contributed by atoms with Crippen molar-refractivity contribution in [3.05, 3.63) is 80.4 Å². The van der Waals surface area contributed by atoms with Crippen molar-refractivity contribution in [1.29, 1.82) is 0 Å². The van der Waals surface area contributed by atoms with Crippen LogP contribution in [0.15, 0.2) is 52.3 Å². The van der Waals surface area contributed by atoms with Crippen LogP contribution in [0.2, 0.25) is 0 Å². The lowest BCUT2D eigenvalue weighted by Crippen LogP contribution is -2.37. The van der Waals surface area contributed by atoms with E-state index in [1.807, 2.05) is 0 Å². The maximum atomic E-state index is 13.6. The largest absolute Gasteiger partial charge is 0.462 e. The number of esters is 1. The van der Waals surface area contributed by atoms with Crippen molar-refractivity contribution < 1.29 is 27.5 Å². The molecule has 13 heteroatoms. The fourth-order valence-corrected chi connectivity index (χ4v) is 3.16. The van der Waals surface area contributed by atoms with Crippen LogP contribution in [0.1, 0.15) is 28.5 Å². The highest BCUT2D eigenvalue weighted by Gasteiger charge is 2.41. The van der Waals surface area contributed by atoms with Crippen LogP contribution in [0.5, 0.6) is 0 Å². The van der Waals surface area contributed by atoms with E-state index in [9.17, 15) is 32.3 Å². The number of hydrogen-bond donors (Lipinski definition) is 1. The summed E-state index contributed by atoms with van der Waals surface area (Å²) in [6, 6.07) is 5.24. The Kier molecular flexibility index (Phi) is 7.08. The second-order valence-electron chi connectivity index (χ2n) is 7.25. The van der Waals surface area contributed by atoms with E-state index in [0.717, 1.165) is 16.8 Å². The Morgan fingerprint density at radius 3 is 2.40 bits per heavy atom. The Morgan fingerprint density at radius 1 is 1.14 bits per heavy atom. The van der Waals surface area contributed by atoms with Gasteiger partial charge in [0, 0.05) is 32.1 Å². The molecular formula is C22H20F3N5O5. The molecule has 0 saturated carbocycles. The first-order chi connectivity index (χ1) is 16.4. The summed E-state index contributed by atoms with van der Waals surface area (Å²) >= 11 is 0. The first kappa shape index (κ1) is 25.2. The molecule has 0 spiro atoms. The van der Waals surface area contributed by atoms with Gasteiger partial charge in [-0.2, -0.15) is 18.3 Å². The maximum Gasteiger partial charge on any atom is 0.434 e. The maximum absolute atomic E-state index is 13.6. The van der Waals surface area contributed by atoms with Gasteiger partial charge in [-0.3, -0.25) is 14.2 Å². The van der Waals surface area contributed by atoms with Crippen molar-refractivity contribution in [3.8, 4) is 5.69 Å². The number of nitrogens with zero attached hydrogens (tertiary/aromatic N) is 4. The molecule has 0 radical (unpaired) electrons. The number of ether oxygens (including phenoxy) is 1. The standard InChI is InChI=1S/C22H20F3N5O5/c1-4-35-20(33)16-11-26-30(18(16)22(23,24)25)15-8-6-14(7-9-15)27-17(31)10-5-13-12-28(2)21(34)29(3)19(13)32/h5-12H,4H2,1-3H3,(H,27,31)/b10-5+. The monoisotopic (exact) mass is 491 g/mol. The number of alkyl halides is 3. The number of hydrogen-bond acceptors (Lipinski definition) is 6. The minimum Gasteiger partial charge on any atom is -0.462 e. The van der Waals surface area contributed by atoms with E-state index in [0.29, 0.717) is 4.68 Å². The van der Waals surface area contributed by atoms with Crippen molar-refractivity contribution in [2.45, 2.75) is 13.1 Å². The highest BCUT2D eigenvalue weighted by Crippen LogP contribution is 2.34. The predicted molar refractivity (Wildman–Crippen MR) is 119 cm³/mol. The fraction of sp³-hybridized carbons (Fsp3) is 0.227. The zero-order valence-corrected chi connectivity index (χ0v) is 18.8. The van der Waals surface area contributed by atoms with Crippen LogP contribution in [0.3, 0.4) is 0 Å². The van der Waals surface area contributed by atoms with Crippen LogP contribution >= 0.6 is 0 Å². The molecule has 2 heterocycles. The second-order valence-corrected chi connectivity index (χ2v) is 7.25. The molecule has 1 aromatic carbocycles. The van der Waals surface area contributed by atoms with Gasteiger partial charge in [-0.15, -0.1) is 0 Å². The van der Waals surface area contributed by atoms with Gasteiger partial charge in [0.25, 0.3) is 5.56 Å². The van der Waals surface area contributed by atoms with Crippen LogP contribution in [0, 0.1) is 0 Å². The Labute approximate surface area is 195 Å². The lowest BCUT2D eigenvalue weighted by molar-refractivity contribution is -0.143. The highest BCUT2D eigenvalue weighted by molar-refractivity contribution is 6.01. The van der Waals surface area contributed by atoms with E-state index < -0.39 is 40.6 Å². The minimum atomic E-state index is -4.88. The van der Waals surface area contributed by atoms with E-state index in [-0.39, 0.29) is 23.5 Å². The molecule has 1 N–H and O–H groups in total. The zero-order valence-electron chi connectivity index (χ0n) is 18.8.